The van der Waals surface area contributed by atoms with Crippen LogP contribution in [0.25, 0.3) is 0 Å². The molecule has 0 unspecified atom stereocenters. The maximum absolute atomic E-state index is 11.1. The lowest BCUT2D eigenvalue weighted by Gasteiger charge is -2.03. The van der Waals surface area contributed by atoms with Crippen LogP contribution in [0.4, 0.5) is 0 Å². The number of aromatic nitrogens is 1. The van der Waals surface area contributed by atoms with Gasteiger partial charge in [0, 0.05) is 12.3 Å². The van der Waals surface area contributed by atoms with Gasteiger partial charge in [0.05, 0.1) is 10.7 Å². The number of pyridine rings is 1. The highest BCUT2D eigenvalue weighted by Gasteiger charge is 2.16. The van der Waals surface area contributed by atoms with E-state index in [2.05, 4.69) is 4.98 Å². The summed E-state index contributed by atoms with van der Waals surface area (Å²) in [5.41, 5.74) is 0.241. The van der Waals surface area contributed by atoms with E-state index in [0.717, 1.165) is 6.26 Å². The maximum Gasteiger partial charge on any atom is 0.194 e. The van der Waals surface area contributed by atoms with E-state index in [-0.39, 0.29) is 21.5 Å². The minimum absolute atomic E-state index is 0.0643. The fourth-order valence-electron chi connectivity index (χ4n) is 0.809. The Labute approximate surface area is 81.1 Å². The molecule has 0 aliphatic rings. The van der Waals surface area contributed by atoms with Gasteiger partial charge in [-0.25, -0.2) is 13.4 Å². The molecule has 1 aromatic rings. The largest absolute Gasteiger partial charge is 0.506 e. The fraction of sp³-hybridized carbons (Fsp3) is 0.286. The summed E-state index contributed by atoms with van der Waals surface area (Å²) in [6.45, 7) is 1.50. The molecule has 4 nitrogen and oxygen atoms in total. The Hall–Kier alpha value is -0.810. The van der Waals surface area contributed by atoms with Gasteiger partial charge in [-0.1, -0.05) is 11.6 Å². The quantitative estimate of drug-likeness (QED) is 0.773. The van der Waals surface area contributed by atoms with Crippen LogP contribution in [0.3, 0.4) is 0 Å². The van der Waals surface area contributed by atoms with Gasteiger partial charge >= 0.3 is 0 Å². The molecule has 0 spiro atoms. The van der Waals surface area contributed by atoms with Gasteiger partial charge in [-0.05, 0) is 6.92 Å². The topological polar surface area (TPSA) is 67.3 Å². The molecule has 0 aliphatic heterocycles. The fourth-order valence-corrected chi connectivity index (χ4v) is 2.09. The van der Waals surface area contributed by atoms with Gasteiger partial charge < -0.3 is 5.11 Å². The van der Waals surface area contributed by atoms with Crippen molar-refractivity contribution < 1.29 is 13.5 Å². The average Bonchev–Trinajstić information content (AvgIpc) is 1.94. The Kier molecular flexibility index (Phi) is 2.49. The molecule has 1 N–H and O–H groups in total. The van der Waals surface area contributed by atoms with Crippen molar-refractivity contribution in [2.75, 3.05) is 6.26 Å². The van der Waals surface area contributed by atoms with Crippen molar-refractivity contribution in [1.29, 1.82) is 0 Å². The molecule has 0 radical (unpaired) electrons. The standard InChI is InChI=1S/C7H8ClNO3S/c1-4-6(10)3-5(8)7(9-4)13(2,11)12/h3,10H,1-2H3. The van der Waals surface area contributed by atoms with Crippen LogP contribution in [0.2, 0.25) is 5.02 Å². The zero-order chi connectivity index (χ0) is 10.2. The van der Waals surface area contributed by atoms with Crippen molar-refractivity contribution in [3.63, 3.8) is 0 Å². The van der Waals surface area contributed by atoms with Crippen molar-refractivity contribution in [3.05, 3.63) is 16.8 Å². The highest BCUT2D eigenvalue weighted by molar-refractivity contribution is 7.90. The van der Waals surface area contributed by atoms with Crippen LogP contribution in [-0.4, -0.2) is 24.8 Å². The van der Waals surface area contributed by atoms with Crippen molar-refractivity contribution in [1.82, 2.24) is 4.98 Å². The first-order valence-electron chi connectivity index (χ1n) is 3.38. The number of nitrogens with zero attached hydrogens (tertiary/aromatic N) is 1. The highest BCUT2D eigenvalue weighted by Crippen LogP contribution is 2.25. The number of sulfone groups is 1. The summed E-state index contributed by atoms with van der Waals surface area (Å²) in [4.78, 5) is 3.67. The number of aromatic hydroxyl groups is 1. The van der Waals surface area contributed by atoms with Crippen LogP contribution >= 0.6 is 11.6 Å². The van der Waals surface area contributed by atoms with E-state index in [1.807, 2.05) is 0 Å². The Morgan fingerprint density at radius 2 is 2.08 bits per heavy atom. The Morgan fingerprint density at radius 3 is 2.54 bits per heavy atom. The van der Waals surface area contributed by atoms with Crippen LogP contribution in [0.1, 0.15) is 5.69 Å². The molecule has 0 aromatic carbocycles. The van der Waals surface area contributed by atoms with Crippen molar-refractivity contribution in [3.8, 4) is 5.75 Å². The zero-order valence-corrected chi connectivity index (χ0v) is 8.65. The normalized spacial score (nSPS) is 11.6. The molecular formula is C7H8ClNO3S. The first kappa shape index (κ1) is 10.3. The van der Waals surface area contributed by atoms with E-state index >= 15 is 0 Å². The van der Waals surface area contributed by atoms with E-state index in [0.29, 0.717) is 0 Å². The van der Waals surface area contributed by atoms with Crippen LogP contribution < -0.4 is 0 Å². The molecule has 1 aromatic heterocycles. The summed E-state index contributed by atoms with van der Waals surface area (Å²) in [6, 6.07) is 1.17. The summed E-state index contributed by atoms with van der Waals surface area (Å²) in [7, 11) is -3.43. The van der Waals surface area contributed by atoms with Crippen LogP contribution in [0.15, 0.2) is 11.1 Å². The molecule has 0 bridgehead atoms. The predicted octanol–water partition coefficient (Wildman–Crippen LogP) is 1.15. The number of halogens is 1. The smallest absolute Gasteiger partial charge is 0.194 e. The number of hydrogen-bond acceptors (Lipinski definition) is 4. The molecule has 0 amide bonds. The number of rotatable bonds is 1. The first-order chi connectivity index (χ1) is 5.82. The minimum atomic E-state index is -3.43. The highest BCUT2D eigenvalue weighted by atomic mass is 35.5. The van der Waals surface area contributed by atoms with Crippen LogP contribution in [-0.2, 0) is 9.84 Å². The molecular weight excluding hydrogens is 214 g/mol. The molecule has 72 valence electrons. The van der Waals surface area contributed by atoms with Gasteiger partial charge in [-0.15, -0.1) is 0 Å². The first-order valence-corrected chi connectivity index (χ1v) is 5.65. The molecule has 1 rings (SSSR count). The van der Waals surface area contributed by atoms with Gasteiger partial charge in [-0.3, -0.25) is 0 Å². The lowest BCUT2D eigenvalue weighted by molar-refractivity contribution is 0.466. The molecule has 6 heteroatoms. The minimum Gasteiger partial charge on any atom is -0.506 e. The number of hydrogen-bond donors (Lipinski definition) is 1. The lowest BCUT2D eigenvalue weighted by Crippen LogP contribution is -2.02. The number of aryl methyl sites for hydroxylation is 1. The molecule has 1 heterocycles. The summed E-state index contributed by atoms with van der Waals surface area (Å²) in [6.07, 6.45) is 1.01. The maximum atomic E-state index is 11.1. The summed E-state index contributed by atoms with van der Waals surface area (Å²) in [5, 5.41) is 8.88. The SMILES string of the molecule is Cc1nc(S(C)(=O)=O)c(Cl)cc1O. The van der Waals surface area contributed by atoms with E-state index in [9.17, 15) is 8.42 Å². The van der Waals surface area contributed by atoms with Gasteiger partial charge in [0.2, 0.25) is 0 Å². The lowest BCUT2D eigenvalue weighted by atomic mass is 10.3. The molecule has 0 aliphatic carbocycles. The molecule has 13 heavy (non-hydrogen) atoms. The van der Waals surface area contributed by atoms with E-state index in [1.54, 1.807) is 0 Å². The van der Waals surface area contributed by atoms with E-state index in [4.69, 9.17) is 16.7 Å². The van der Waals surface area contributed by atoms with Crippen LogP contribution in [0, 0.1) is 6.92 Å². The molecule has 0 saturated heterocycles. The third-order valence-electron chi connectivity index (χ3n) is 1.46. The van der Waals surface area contributed by atoms with E-state index in [1.165, 1.54) is 13.0 Å². The Morgan fingerprint density at radius 1 is 1.54 bits per heavy atom. The second-order valence-corrected chi connectivity index (χ2v) is 4.99. The predicted molar refractivity (Wildman–Crippen MR) is 48.8 cm³/mol. The van der Waals surface area contributed by atoms with Gasteiger partial charge in [0.15, 0.2) is 14.9 Å². The van der Waals surface area contributed by atoms with Gasteiger partial charge in [0.25, 0.3) is 0 Å². The van der Waals surface area contributed by atoms with Gasteiger partial charge in [-0.2, -0.15) is 0 Å². The summed E-state index contributed by atoms with van der Waals surface area (Å²) < 4.78 is 22.2. The molecule has 0 atom stereocenters. The average molecular weight is 222 g/mol. The van der Waals surface area contributed by atoms with Crippen LogP contribution in [0.5, 0.6) is 5.75 Å². The van der Waals surface area contributed by atoms with Gasteiger partial charge in [0.1, 0.15) is 5.75 Å². The van der Waals surface area contributed by atoms with Crippen molar-refractivity contribution in [2.24, 2.45) is 0 Å². The third-order valence-corrected chi connectivity index (χ3v) is 2.87. The summed E-state index contributed by atoms with van der Waals surface area (Å²) in [5.74, 6) is -0.114. The summed E-state index contributed by atoms with van der Waals surface area (Å²) >= 11 is 5.58. The second kappa shape index (κ2) is 3.16. The monoisotopic (exact) mass is 221 g/mol. The molecule has 0 saturated carbocycles. The van der Waals surface area contributed by atoms with Crippen molar-refractivity contribution >= 4 is 21.4 Å². The Balaban J connectivity index is 3.50. The zero-order valence-electron chi connectivity index (χ0n) is 7.07. The van der Waals surface area contributed by atoms with E-state index < -0.39 is 9.84 Å². The van der Waals surface area contributed by atoms with Crippen molar-refractivity contribution in [2.45, 2.75) is 11.9 Å². The third kappa shape index (κ3) is 2.10. The Bertz CT molecular complexity index is 441. The second-order valence-electron chi connectivity index (χ2n) is 2.65. The molecule has 0 fully saturated rings.